The molecule has 0 spiro atoms. The van der Waals surface area contributed by atoms with Crippen LogP contribution >= 0.6 is 0 Å². The third-order valence-electron chi connectivity index (χ3n) is 4.16. The van der Waals surface area contributed by atoms with Gasteiger partial charge in [-0.05, 0) is 37.1 Å². The van der Waals surface area contributed by atoms with E-state index in [4.69, 9.17) is 0 Å². The zero-order valence-electron chi connectivity index (χ0n) is 13.0. The normalized spacial score (nSPS) is 20.7. The fourth-order valence-electron chi connectivity index (χ4n) is 2.70. The van der Waals surface area contributed by atoms with Gasteiger partial charge < -0.3 is 5.32 Å². The van der Waals surface area contributed by atoms with Crippen LogP contribution in [0.5, 0.6) is 0 Å². The van der Waals surface area contributed by atoms with Gasteiger partial charge in [0, 0.05) is 0 Å². The summed E-state index contributed by atoms with van der Waals surface area (Å²) in [6.45, 7) is 3.77. The number of aryl methyl sites for hydroxylation is 1. The topological polar surface area (TPSA) is 49.4 Å². The highest BCUT2D eigenvalue weighted by molar-refractivity contribution is 6.07. The van der Waals surface area contributed by atoms with Crippen molar-refractivity contribution >= 4 is 11.9 Å². The van der Waals surface area contributed by atoms with E-state index in [9.17, 15) is 14.0 Å². The van der Waals surface area contributed by atoms with E-state index in [-0.39, 0.29) is 18.3 Å². The third kappa shape index (κ3) is 2.70. The smallest absolute Gasteiger partial charge is 0.319 e. The summed E-state index contributed by atoms with van der Waals surface area (Å²) in [7, 11) is 0. The molecule has 0 radical (unpaired) electrons. The molecule has 118 valence electrons. The third-order valence-corrected chi connectivity index (χ3v) is 4.16. The molecule has 0 saturated carbocycles. The minimum atomic E-state index is -1.08. The molecule has 1 fully saturated rings. The van der Waals surface area contributed by atoms with Gasteiger partial charge in [0.25, 0.3) is 5.91 Å². The lowest BCUT2D eigenvalue weighted by molar-refractivity contribution is -0.131. The van der Waals surface area contributed by atoms with Crippen LogP contribution < -0.4 is 5.32 Å². The number of nitrogens with one attached hydrogen (secondary N) is 1. The van der Waals surface area contributed by atoms with Crippen LogP contribution in [0.4, 0.5) is 9.18 Å². The van der Waals surface area contributed by atoms with E-state index in [0.29, 0.717) is 5.56 Å². The molecule has 1 aliphatic rings. The van der Waals surface area contributed by atoms with Crippen molar-refractivity contribution in [2.75, 3.05) is 0 Å². The van der Waals surface area contributed by atoms with Gasteiger partial charge in [-0.2, -0.15) is 0 Å². The number of halogens is 1. The van der Waals surface area contributed by atoms with Crippen molar-refractivity contribution in [1.29, 1.82) is 0 Å². The Morgan fingerprint density at radius 2 is 1.65 bits per heavy atom. The maximum absolute atomic E-state index is 13.0. The van der Waals surface area contributed by atoms with Gasteiger partial charge in [0.1, 0.15) is 11.4 Å². The van der Waals surface area contributed by atoms with Gasteiger partial charge >= 0.3 is 6.03 Å². The molecular weight excluding hydrogens is 295 g/mol. The Morgan fingerprint density at radius 3 is 2.26 bits per heavy atom. The van der Waals surface area contributed by atoms with E-state index >= 15 is 0 Å². The molecule has 3 amide bonds. The largest absolute Gasteiger partial charge is 0.325 e. The molecule has 1 saturated heterocycles. The summed E-state index contributed by atoms with van der Waals surface area (Å²) in [4.78, 5) is 26.2. The van der Waals surface area contributed by atoms with Crippen LogP contribution in [-0.4, -0.2) is 16.8 Å². The summed E-state index contributed by atoms with van der Waals surface area (Å²) in [5.41, 5.74) is 1.44. The molecule has 1 atom stereocenters. The molecule has 0 aromatic heterocycles. The van der Waals surface area contributed by atoms with Crippen LogP contribution in [0.15, 0.2) is 48.5 Å². The van der Waals surface area contributed by atoms with Crippen LogP contribution in [0.2, 0.25) is 0 Å². The van der Waals surface area contributed by atoms with E-state index in [1.54, 1.807) is 19.1 Å². The van der Waals surface area contributed by atoms with Crippen LogP contribution in [0.25, 0.3) is 0 Å². The summed E-state index contributed by atoms with van der Waals surface area (Å²) in [6.07, 6.45) is 0. The molecule has 0 unspecified atom stereocenters. The Kier molecular flexibility index (Phi) is 3.64. The summed E-state index contributed by atoms with van der Waals surface area (Å²) < 4.78 is 13.0. The first-order valence-corrected chi connectivity index (χ1v) is 7.36. The Labute approximate surface area is 133 Å². The molecule has 23 heavy (non-hydrogen) atoms. The van der Waals surface area contributed by atoms with Crippen molar-refractivity contribution < 1.29 is 14.0 Å². The van der Waals surface area contributed by atoms with Crippen LogP contribution in [0.3, 0.4) is 0 Å². The highest BCUT2D eigenvalue weighted by Crippen LogP contribution is 2.29. The molecule has 5 heteroatoms. The Morgan fingerprint density at radius 1 is 1.04 bits per heavy atom. The number of nitrogens with zero attached hydrogens (tertiary/aromatic N) is 1. The van der Waals surface area contributed by atoms with E-state index in [0.717, 1.165) is 16.0 Å². The fraction of sp³-hybridized carbons (Fsp3) is 0.222. The average molecular weight is 312 g/mol. The number of carbonyl (C=O) groups is 2. The Bertz CT molecular complexity index is 756. The molecule has 4 nitrogen and oxygen atoms in total. The molecule has 0 aliphatic carbocycles. The van der Waals surface area contributed by atoms with E-state index < -0.39 is 11.6 Å². The molecule has 2 aromatic rings. The molecule has 3 rings (SSSR count). The molecule has 1 aliphatic heterocycles. The summed E-state index contributed by atoms with van der Waals surface area (Å²) >= 11 is 0. The van der Waals surface area contributed by atoms with Gasteiger partial charge in [-0.25, -0.2) is 9.18 Å². The Hall–Kier alpha value is -2.69. The quantitative estimate of drug-likeness (QED) is 0.885. The van der Waals surface area contributed by atoms with Crippen molar-refractivity contribution in [3.63, 3.8) is 0 Å². The van der Waals surface area contributed by atoms with Gasteiger partial charge in [0.15, 0.2) is 0 Å². The first-order valence-electron chi connectivity index (χ1n) is 7.36. The fourth-order valence-corrected chi connectivity index (χ4v) is 2.70. The maximum Gasteiger partial charge on any atom is 0.325 e. The molecule has 0 bridgehead atoms. The number of imide groups is 1. The maximum atomic E-state index is 13.0. The molecule has 2 aromatic carbocycles. The van der Waals surface area contributed by atoms with E-state index in [1.807, 2.05) is 31.2 Å². The monoisotopic (exact) mass is 312 g/mol. The van der Waals surface area contributed by atoms with Gasteiger partial charge in [0.2, 0.25) is 0 Å². The van der Waals surface area contributed by atoms with Crippen molar-refractivity contribution in [2.24, 2.45) is 0 Å². The second-order valence-electron chi connectivity index (χ2n) is 5.94. The SMILES string of the molecule is Cc1ccc([C@@]2(C)NC(=O)N(Cc3ccc(F)cc3)C2=O)cc1. The van der Waals surface area contributed by atoms with Crippen LogP contribution in [0, 0.1) is 12.7 Å². The van der Waals surface area contributed by atoms with Crippen molar-refractivity contribution in [3.05, 3.63) is 71.0 Å². The van der Waals surface area contributed by atoms with Gasteiger partial charge in [0.05, 0.1) is 6.54 Å². The lowest BCUT2D eigenvalue weighted by Crippen LogP contribution is -2.40. The zero-order valence-corrected chi connectivity index (χ0v) is 13.0. The van der Waals surface area contributed by atoms with E-state index in [2.05, 4.69) is 5.32 Å². The minimum absolute atomic E-state index is 0.117. The van der Waals surface area contributed by atoms with Crippen LogP contribution in [-0.2, 0) is 16.9 Å². The highest BCUT2D eigenvalue weighted by Gasteiger charge is 2.48. The number of benzene rings is 2. The number of hydrogen-bond acceptors (Lipinski definition) is 2. The highest BCUT2D eigenvalue weighted by atomic mass is 19.1. The number of hydrogen-bond donors (Lipinski definition) is 1. The minimum Gasteiger partial charge on any atom is -0.319 e. The molecular formula is C18H17FN2O2. The van der Waals surface area contributed by atoms with Crippen molar-refractivity contribution in [1.82, 2.24) is 10.2 Å². The number of rotatable bonds is 3. The molecule has 1 N–H and O–H groups in total. The summed E-state index contributed by atoms with van der Waals surface area (Å²) in [5, 5.41) is 2.76. The van der Waals surface area contributed by atoms with E-state index in [1.165, 1.54) is 12.1 Å². The number of amides is 3. The van der Waals surface area contributed by atoms with Gasteiger partial charge in [-0.1, -0.05) is 42.0 Å². The number of carbonyl (C=O) groups excluding carboxylic acids is 2. The predicted molar refractivity (Wildman–Crippen MR) is 84.0 cm³/mol. The van der Waals surface area contributed by atoms with Crippen molar-refractivity contribution in [2.45, 2.75) is 25.9 Å². The Balaban J connectivity index is 1.87. The van der Waals surface area contributed by atoms with Crippen LogP contribution in [0.1, 0.15) is 23.6 Å². The predicted octanol–water partition coefficient (Wildman–Crippen LogP) is 3.10. The first-order chi connectivity index (χ1) is 10.9. The first kappa shape index (κ1) is 15.2. The second-order valence-corrected chi connectivity index (χ2v) is 5.94. The number of urea groups is 1. The molecule has 1 heterocycles. The zero-order chi connectivity index (χ0) is 16.6. The van der Waals surface area contributed by atoms with Gasteiger partial charge in [-0.3, -0.25) is 9.69 Å². The lowest BCUT2D eigenvalue weighted by atomic mass is 9.91. The summed E-state index contributed by atoms with van der Waals surface area (Å²) in [6, 6.07) is 12.8. The average Bonchev–Trinajstić information content (AvgIpc) is 2.74. The van der Waals surface area contributed by atoms with Crippen molar-refractivity contribution in [3.8, 4) is 0 Å². The standard InChI is InChI=1S/C18H17FN2O2/c1-12-3-7-14(8-4-12)18(2)16(22)21(17(23)20-18)11-13-5-9-15(19)10-6-13/h3-10H,11H2,1-2H3,(H,20,23)/t18-/m1/s1. The second kappa shape index (κ2) is 5.50. The summed E-state index contributed by atoms with van der Waals surface area (Å²) in [5.74, 6) is -0.661. The lowest BCUT2D eigenvalue weighted by Gasteiger charge is -2.22. The van der Waals surface area contributed by atoms with Gasteiger partial charge in [-0.15, -0.1) is 0 Å².